The fourth-order valence-corrected chi connectivity index (χ4v) is 1.38. The highest BCUT2D eigenvalue weighted by Gasteiger charge is 2.54. The van der Waals surface area contributed by atoms with E-state index in [-0.39, 0.29) is 0 Å². The number of hydrogen-bond donors (Lipinski definition) is 4. The van der Waals surface area contributed by atoms with E-state index < -0.39 is 36.4 Å². The van der Waals surface area contributed by atoms with Crippen molar-refractivity contribution in [1.82, 2.24) is 0 Å². The Bertz CT molecular complexity index is 255. The zero-order valence-electron chi connectivity index (χ0n) is 8.32. The lowest BCUT2D eigenvalue weighted by Gasteiger charge is -2.43. The summed E-state index contributed by atoms with van der Waals surface area (Å²) in [5.74, 6) is -3.50. The van der Waals surface area contributed by atoms with Crippen molar-refractivity contribution in [2.75, 3.05) is 0 Å². The van der Waals surface area contributed by atoms with Crippen LogP contribution in [0, 0.1) is 0 Å². The molecule has 0 aliphatic carbocycles. The Morgan fingerprint density at radius 3 is 2.33 bits per heavy atom. The molecule has 1 aliphatic rings. The zero-order valence-corrected chi connectivity index (χ0v) is 8.32. The number of aliphatic hydroxyl groups is 4. The van der Waals surface area contributed by atoms with Gasteiger partial charge in [-0.1, -0.05) is 0 Å². The third-order valence-corrected chi connectivity index (χ3v) is 2.17. The van der Waals surface area contributed by atoms with Gasteiger partial charge in [0.25, 0.3) is 0 Å². The summed E-state index contributed by atoms with van der Waals surface area (Å²) >= 11 is 0. The molecule has 1 aliphatic heterocycles. The van der Waals surface area contributed by atoms with Gasteiger partial charge in [-0.15, -0.1) is 0 Å². The van der Waals surface area contributed by atoms with E-state index in [2.05, 4.69) is 4.74 Å². The van der Waals surface area contributed by atoms with Gasteiger partial charge in [-0.3, -0.25) is 4.79 Å². The third kappa shape index (κ3) is 2.27. The molecule has 1 unspecified atom stereocenters. The normalized spacial score (nSPS) is 46.3. The van der Waals surface area contributed by atoms with Crippen molar-refractivity contribution in [2.45, 2.75) is 44.2 Å². The van der Waals surface area contributed by atoms with Crippen LogP contribution < -0.4 is 0 Å². The summed E-state index contributed by atoms with van der Waals surface area (Å²) in [6.45, 7) is 2.37. The molecule has 88 valence electrons. The number of rotatable bonds is 1. The molecule has 0 aromatic rings. The van der Waals surface area contributed by atoms with Crippen LogP contribution in [0.1, 0.15) is 13.8 Å². The second-order valence-electron chi connectivity index (χ2n) is 3.47. The molecule has 0 saturated carbocycles. The van der Waals surface area contributed by atoms with Gasteiger partial charge in [-0.2, -0.15) is 0 Å². The van der Waals surface area contributed by atoms with Crippen molar-refractivity contribution in [1.29, 1.82) is 0 Å². The first-order valence-electron chi connectivity index (χ1n) is 4.42. The molecule has 0 spiro atoms. The molecule has 15 heavy (non-hydrogen) atoms. The van der Waals surface area contributed by atoms with Crippen molar-refractivity contribution in [3.05, 3.63) is 0 Å². The van der Waals surface area contributed by atoms with Gasteiger partial charge in [-0.25, -0.2) is 0 Å². The monoisotopic (exact) mass is 222 g/mol. The number of aliphatic hydroxyl groups excluding tert-OH is 3. The molecule has 7 heteroatoms. The summed E-state index contributed by atoms with van der Waals surface area (Å²) in [6, 6.07) is 0. The molecule has 1 rings (SSSR count). The summed E-state index contributed by atoms with van der Waals surface area (Å²) in [6.07, 6.45) is -5.92. The van der Waals surface area contributed by atoms with E-state index in [0.717, 1.165) is 6.92 Å². The average molecular weight is 222 g/mol. The molecule has 1 saturated heterocycles. The Balaban J connectivity index is 2.85. The lowest BCUT2D eigenvalue weighted by Crippen LogP contribution is -2.65. The molecular weight excluding hydrogens is 208 g/mol. The van der Waals surface area contributed by atoms with Crippen LogP contribution in [0.5, 0.6) is 0 Å². The van der Waals surface area contributed by atoms with Gasteiger partial charge in [0.1, 0.15) is 12.2 Å². The Morgan fingerprint density at radius 2 is 1.87 bits per heavy atom. The molecule has 1 fully saturated rings. The Labute approximate surface area is 85.9 Å². The molecule has 1 heterocycles. The molecule has 0 aromatic heterocycles. The first-order valence-corrected chi connectivity index (χ1v) is 4.42. The van der Waals surface area contributed by atoms with Crippen LogP contribution in [-0.4, -0.2) is 56.8 Å². The van der Waals surface area contributed by atoms with Gasteiger partial charge in [-0.05, 0) is 6.92 Å². The van der Waals surface area contributed by atoms with Gasteiger partial charge in [0.05, 0.1) is 6.10 Å². The number of esters is 1. The largest absolute Gasteiger partial charge is 0.406 e. The summed E-state index contributed by atoms with van der Waals surface area (Å²) in [4.78, 5) is 10.6. The molecule has 0 bridgehead atoms. The van der Waals surface area contributed by atoms with Gasteiger partial charge < -0.3 is 29.9 Å². The third-order valence-electron chi connectivity index (χ3n) is 2.17. The number of carbonyl (C=O) groups is 1. The summed E-state index contributed by atoms with van der Waals surface area (Å²) in [5.41, 5.74) is 0. The van der Waals surface area contributed by atoms with Crippen LogP contribution in [0.25, 0.3) is 0 Å². The van der Waals surface area contributed by atoms with Gasteiger partial charge in [0.2, 0.25) is 0 Å². The van der Waals surface area contributed by atoms with Gasteiger partial charge in [0, 0.05) is 6.92 Å². The number of hydrogen-bond acceptors (Lipinski definition) is 7. The SMILES string of the molecule is CC(=O)OC1(O)O[C@@H](C)[C@H](O)[C@@H](O)[C@H]1O. The van der Waals surface area contributed by atoms with Crippen LogP contribution in [0.15, 0.2) is 0 Å². The Kier molecular flexibility index (Phi) is 3.31. The predicted molar refractivity (Wildman–Crippen MR) is 45.3 cm³/mol. The maximum Gasteiger partial charge on any atom is 0.357 e. The maximum absolute atomic E-state index is 10.6. The molecule has 0 radical (unpaired) electrons. The van der Waals surface area contributed by atoms with Crippen molar-refractivity contribution in [3.63, 3.8) is 0 Å². The number of ether oxygens (including phenoxy) is 2. The highest BCUT2D eigenvalue weighted by Crippen LogP contribution is 2.28. The van der Waals surface area contributed by atoms with Crippen molar-refractivity contribution in [2.24, 2.45) is 0 Å². The number of carbonyl (C=O) groups excluding carboxylic acids is 1. The van der Waals surface area contributed by atoms with Crippen LogP contribution in [0.2, 0.25) is 0 Å². The van der Waals surface area contributed by atoms with E-state index in [4.69, 9.17) is 4.74 Å². The molecule has 7 nitrogen and oxygen atoms in total. The van der Waals surface area contributed by atoms with Crippen LogP contribution in [0.4, 0.5) is 0 Å². The minimum Gasteiger partial charge on any atom is -0.406 e. The van der Waals surface area contributed by atoms with E-state index >= 15 is 0 Å². The topological polar surface area (TPSA) is 116 Å². The maximum atomic E-state index is 10.6. The van der Waals surface area contributed by atoms with Crippen molar-refractivity contribution >= 4 is 5.97 Å². The van der Waals surface area contributed by atoms with Crippen LogP contribution >= 0.6 is 0 Å². The quantitative estimate of drug-likeness (QED) is 0.291. The van der Waals surface area contributed by atoms with E-state index in [1.165, 1.54) is 6.92 Å². The van der Waals surface area contributed by atoms with E-state index in [1.54, 1.807) is 0 Å². The van der Waals surface area contributed by atoms with Crippen LogP contribution in [0.3, 0.4) is 0 Å². The minimum absolute atomic E-state index is 0.882. The fourth-order valence-electron chi connectivity index (χ4n) is 1.38. The lowest BCUT2D eigenvalue weighted by molar-refractivity contribution is -0.429. The van der Waals surface area contributed by atoms with E-state index in [0.29, 0.717) is 0 Å². The molecule has 0 aromatic carbocycles. The summed E-state index contributed by atoms with van der Waals surface area (Å²) in [7, 11) is 0. The zero-order chi connectivity index (χ0) is 11.8. The first-order chi connectivity index (χ1) is 6.78. The van der Waals surface area contributed by atoms with Crippen molar-refractivity contribution in [3.8, 4) is 0 Å². The summed E-state index contributed by atoms with van der Waals surface area (Å²) in [5, 5.41) is 37.6. The Morgan fingerprint density at radius 1 is 1.33 bits per heavy atom. The van der Waals surface area contributed by atoms with Gasteiger partial charge in [0.15, 0.2) is 6.10 Å². The van der Waals surface area contributed by atoms with E-state index in [1.807, 2.05) is 0 Å². The van der Waals surface area contributed by atoms with Crippen molar-refractivity contribution < 1.29 is 34.7 Å². The second kappa shape index (κ2) is 4.03. The molecular formula is C8H14O7. The summed E-state index contributed by atoms with van der Waals surface area (Å²) < 4.78 is 9.09. The fraction of sp³-hybridized carbons (Fsp3) is 0.875. The molecule has 4 N–H and O–H groups in total. The lowest BCUT2D eigenvalue weighted by atomic mass is 9.98. The van der Waals surface area contributed by atoms with E-state index in [9.17, 15) is 25.2 Å². The molecule has 5 atom stereocenters. The minimum atomic E-state index is -2.62. The second-order valence-corrected chi connectivity index (χ2v) is 3.47. The predicted octanol–water partition coefficient (Wildman–Crippen LogP) is -2.30. The average Bonchev–Trinajstić information content (AvgIpc) is 2.10. The van der Waals surface area contributed by atoms with Crippen LogP contribution in [-0.2, 0) is 14.3 Å². The highest BCUT2D eigenvalue weighted by molar-refractivity contribution is 5.66. The standard InChI is InChI=1S/C8H14O7/c1-3-5(10)6(11)7(12)8(13,14-3)15-4(2)9/h3,5-7,10-13H,1-2H3/t3-,5-,6+,7+,8?/m0/s1. The highest BCUT2D eigenvalue weighted by atomic mass is 16.8. The van der Waals surface area contributed by atoms with Gasteiger partial charge >= 0.3 is 11.9 Å². The Hall–Kier alpha value is -0.730. The first kappa shape index (κ1) is 12.3. The molecule has 0 amide bonds. The smallest absolute Gasteiger partial charge is 0.357 e.